The van der Waals surface area contributed by atoms with Crippen LogP contribution < -0.4 is 10.6 Å². The van der Waals surface area contributed by atoms with Gasteiger partial charge in [-0.15, -0.1) is 24.0 Å². The highest BCUT2D eigenvalue weighted by Gasteiger charge is 2.20. The lowest BCUT2D eigenvalue weighted by atomic mass is 10.0. The van der Waals surface area contributed by atoms with Crippen molar-refractivity contribution < 1.29 is 0 Å². The van der Waals surface area contributed by atoms with Crippen LogP contribution in [0, 0.1) is 0 Å². The van der Waals surface area contributed by atoms with Gasteiger partial charge >= 0.3 is 0 Å². The Labute approximate surface area is 182 Å². The van der Waals surface area contributed by atoms with Crippen LogP contribution in [0.3, 0.4) is 0 Å². The topological polar surface area (TPSA) is 57.5 Å². The molecule has 156 valence electrons. The quantitative estimate of drug-likeness (QED) is 0.334. The molecule has 7 heteroatoms. The Morgan fingerprint density at radius 1 is 1.19 bits per heavy atom. The SMILES string of the molecule is CCCCN1CCC(NC(=NC)NCc2c(CC)nn(C)c2CC)CC1.I. The van der Waals surface area contributed by atoms with Gasteiger partial charge in [0.05, 0.1) is 5.69 Å². The van der Waals surface area contributed by atoms with Crippen molar-refractivity contribution in [2.75, 3.05) is 26.7 Å². The third kappa shape index (κ3) is 6.93. The van der Waals surface area contributed by atoms with E-state index in [2.05, 4.69) is 46.4 Å². The van der Waals surface area contributed by atoms with E-state index >= 15 is 0 Å². The first kappa shape index (κ1) is 24.2. The predicted molar refractivity (Wildman–Crippen MR) is 125 cm³/mol. The highest BCUT2D eigenvalue weighted by Crippen LogP contribution is 2.15. The molecule has 6 nitrogen and oxygen atoms in total. The van der Waals surface area contributed by atoms with E-state index in [-0.39, 0.29) is 24.0 Å². The van der Waals surface area contributed by atoms with E-state index < -0.39 is 0 Å². The number of aromatic nitrogens is 2. The van der Waals surface area contributed by atoms with Crippen LogP contribution in [-0.4, -0.2) is 53.4 Å². The molecule has 1 aliphatic heterocycles. The minimum Gasteiger partial charge on any atom is -0.354 e. The summed E-state index contributed by atoms with van der Waals surface area (Å²) in [4.78, 5) is 7.03. The van der Waals surface area contributed by atoms with Crippen LogP contribution in [0.1, 0.15) is 63.4 Å². The molecule has 0 amide bonds. The van der Waals surface area contributed by atoms with Gasteiger partial charge in [0.15, 0.2) is 5.96 Å². The van der Waals surface area contributed by atoms with Gasteiger partial charge in [-0.3, -0.25) is 9.67 Å². The molecule has 0 saturated carbocycles. The van der Waals surface area contributed by atoms with Gasteiger partial charge in [-0.25, -0.2) is 0 Å². The Morgan fingerprint density at radius 2 is 1.89 bits per heavy atom. The fourth-order valence-corrected chi connectivity index (χ4v) is 3.84. The van der Waals surface area contributed by atoms with Gasteiger partial charge in [-0.2, -0.15) is 5.10 Å². The summed E-state index contributed by atoms with van der Waals surface area (Å²) < 4.78 is 2.03. The number of hydrogen-bond donors (Lipinski definition) is 2. The molecule has 1 saturated heterocycles. The Morgan fingerprint density at radius 3 is 2.44 bits per heavy atom. The summed E-state index contributed by atoms with van der Waals surface area (Å²) in [5.41, 5.74) is 3.83. The standard InChI is InChI=1S/C20H38N6.HI/c1-6-9-12-26-13-10-16(11-14-26)23-20(21-4)22-15-17-18(7-2)24-25(5)19(17)8-3;/h16H,6-15H2,1-5H3,(H2,21,22,23);1H. The number of aliphatic imine (C=N–C) groups is 1. The average Bonchev–Trinajstić information content (AvgIpc) is 2.98. The minimum atomic E-state index is 0. The zero-order chi connectivity index (χ0) is 18.9. The van der Waals surface area contributed by atoms with E-state index in [1.165, 1.54) is 62.3 Å². The minimum absolute atomic E-state index is 0. The Bertz CT molecular complexity index is 575. The van der Waals surface area contributed by atoms with Crippen LogP contribution in [0.15, 0.2) is 4.99 Å². The zero-order valence-electron chi connectivity index (χ0n) is 17.8. The van der Waals surface area contributed by atoms with Gasteiger partial charge in [0.25, 0.3) is 0 Å². The number of hydrogen-bond acceptors (Lipinski definition) is 3. The van der Waals surface area contributed by atoms with E-state index in [9.17, 15) is 0 Å². The highest BCUT2D eigenvalue weighted by atomic mass is 127. The predicted octanol–water partition coefficient (Wildman–Crippen LogP) is 3.09. The summed E-state index contributed by atoms with van der Waals surface area (Å²) in [6.45, 7) is 11.0. The van der Waals surface area contributed by atoms with Crippen LogP contribution in [0.2, 0.25) is 0 Å². The molecule has 0 atom stereocenters. The molecule has 1 aliphatic rings. The maximum atomic E-state index is 4.66. The van der Waals surface area contributed by atoms with Gasteiger partial charge in [0.2, 0.25) is 0 Å². The van der Waals surface area contributed by atoms with Gasteiger partial charge in [-0.05, 0) is 38.6 Å². The number of nitrogens with zero attached hydrogens (tertiary/aromatic N) is 4. The van der Waals surface area contributed by atoms with E-state index in [1.807, 2.05) is 18.8 Å². The molecule has 1 aromatic heterocycles. The van der Waals surface area contributed by atoms with Crippen molar-refractivity contribution in [3.8, 4) is 0 Å². The molecule has 0 spiro atoms. The lowest BCUT2D eigenvalue weighted by Crippen LogP contribution is -2.48. The number of piperidine rings is 1. The summed E-state index contributed by atoms with van der Waals surface area (Å²) in [5.74, 6) is 0.907. The summed E-state index contributed by atoms with van der Waals surface area (Å²) in [6, 6.07) is 0.518. The lowest BCUT2D eigenvalue weighted by molar-refractivity contribution is 0.203. The molecule has 2 heterocycles. The average molecular weight is 490 g/mol. The van der Waals surface area contributed by atoms with E-state index in [1.54, 1.807) is 0 Å². The van der Waals surface area contributed by atoms with Crippen molar-refractivity contribution in [1.29, 1.82) is 0 Å². The number of aryl methyl sites for hydroxylation is 2. The molecule has 1 aromatic rings. The van der Waals surface area contributed by atoms with Crippen molar-refractivity contribution in [3.05, 3.63) is 17.0 Å². The molecular weight excluding hydrogens is 451 g/mol. The number of rotatable bonds is 8. The van der Waals surface area contributed by atoms with Crippen LogP contribution in [0.4, 0.5) is 0 Å². The molecular formula is C20H39IN6. The summed E-state index contributed by atoms with van der Waals surface area (Å²) in [5, 5.41) is 11.8. The normalized spacial score (nSPS) is 16.3. The number of nitrogens with one attached hydrogen (secondary N) is 2. The molecule has 0 aliphatic carbocycles. The number of guanidine groups is 1. The number of halogens is 1. The van der Waals surface area contributed by atoms with Crippen molar-refractivity contribution >= 4 is 29.9 Å². The first-order chi connectivity index (χ1) is 12.6. The molecule has 0 aromatic carbocycles. The van der Waals surface area contributed by atoms with Gasteiger partial charge in [0.1, 0.15) is 0 Å². The van der Waals surface area contributed by atoms with E-state index in [0.717, 1.165) is 25.3 Å². The lowest BCUT2D eigenvalue weighted by Gasteiger charge is -2.33. The number of likely N-dealkylation sites (tertiary alicyclic amines) is 1. The van der Waals surface area contributed by atoms with Crippen LogP contribution in [0.25, 0.3) is 0 Å². The van der Waals surface area contributed by atoms with Crippen LogP contribution >= 0.6 is 24.0 Å². The second-order valence-electron chi connectivity index (χ2n) is 7.24. The maximum Gasteiger partial charge on any atom is 0.191 e. The maximum absolute atomic E-state index is 4.66. The van der Waals surface area contributed by atoms with Crippen LogP contribution in [-0.2, 0) is 26.4 Å². The Balaban J connectivity index is 0.00000364. The van der Waals surface area contributed by atoms with Crippen molar-refractivity contribution in [1.82, 2.24) is 25.3 Å². The van der Waals surface area contributed by atoms with E-state index in [4.69, 9.17) is 0 Å². The molecule has 2 N–H and O–H groups in total. The second-order valence-corrected chi connectivity index (χ2v) is 7.24. The third-order valence-electron chi connectivity index (χ3n) is 5.44. The van der Waals surface area contributed by atoms with Crippen molar-refractivity contribution in [2.24, 2.45) is 12.0 Å². The summed E-state index contributed by atoms with van der Waals surface area (Å²) >= 11 is 0. The smallest absolute Gasteiger partial charge is 0.191 e. The van der Waals surface area contributed by atoms with E-state index in [0.29, 0.717) is 6.04 Å². The first-order valence-corrected chi connectivity index (χ1v) is 10.4. The fourth-order valence-electron chi connectivity index (χ4n) is 3.84. The van der Waals surface area contributed by atoms with Crippen LogP contribution in [0.5, 0.6) is 0 Å². The molecule has 1 fully saturated rings. The molecule has 2 rings (SSSR count). The molecule has 0 radical (unpaired) electrons. The second kappa shape index (κ2) is 12.6. The Kier molecular flexibility index (Phi) is 11.3. The van der Waals surface area contributed by atoms with Gasteiger partial charge < -0.3 is 15.5 Å². The molecule has 0 unspecified atom stereocenters. The molecule has 0 bridgehead atoms. The Hall–Kier alpha value is -0.830. The summed E-state index contributed by atoms with van der Waals surface area (Å²) in [6.07, 6.45) is 6.94. The first-order valence-electron chi connectivity index (χ1n) is 10.4. The zero-order valence-corrected chi connectivity index (χ0v) is 20.2. The van der Waals surface area contributed by atoms with Gasteiger partial charge in [-0.1, -0.05) is 27.2 Å². The largest absolute Gasteiger partial charge is 0.354 e. The third-order valence-corrected chi connectivity index (χ3v) is 5.44. The van der Waals surface area contributed by atoms with Gasteiger partial charge in [0, 0.05) is 51.0 Å². The highest BCUT2D eigenvalue weighted by molar-refractivity contribution is 14.0. The number of unbranched alkanes of at least 4 members (excludes halogenated alkanes) is 1. The summed E-state index contributed by atoms with van der Waals surface area (Å²) in [7, 11) is 3.90. The monoisotopic (exact) mass is 490 g/mol. The molecule has 27 heavy (non-hydrogen) atoms. The van der Waals surface area contributed by atoms with Crippen molar-refractivity contribution in [3.63, 3.8) is 0 Å². The van der Waals surface area contributed by atoms with Crippen molar-refractivity contribution in [2.45, 2.75) is 71.9 Å². The fraction of sp³-hybridized carbons (Fsp3) is 0.800.